The number of methoxy groups -OCH3 is 1. The number of anilines is 1. The molecular weight excluding hydrogens is 263 g/mol. The predicted octanol–water partition coefficient (Wildman–Crippen LogP) is 2.86. The Morgan fingerprint density at radius 1 is 1.58 bits per heavy atom. The Bertz CT molecular complexity index is 443. The SMILES string of the molecule is COc1cc(NC2(CN)CCCSC2C)ccc1F. The van der Waals surface area contributed by atoms with Gasteiger partial charge in [-0.1, -0.05) is 6.92 Å². The Morgan fingerprint density at radius 3 is 3.00 bits per heavy atom. The van der Waals surface area contributed by atoms with Gasteiger partial charge in [-0.3, -0.25) is 0 Å². The van der Waals surface area contributed by atoms with Crippen LogP contribution in [0.25, 0.3) is 0 Å². The molecule has 0 aromatic heterocycles. The summed E-state index contributed by atoms with van der Waals surface area (Å²) in [5.41, 5.74) is 6.74. The largest absolute Gasteiger partial charge is 0.494 e. The van der Waals surface area contributed by atoms with Gasteiger partial charge in [0.2, 0.25) is 0 Å². The Hall–Kier alpha value is -0.940. The molecule has 1 aromatic carbocycles. The van der Waals surface area contributed by atoms with Gasteiger partial charge in [0.25, 0.3) is 0 Å². The summed E-state index contributed by atoms with van der Waals surface area (Å²) in [5, 5.41) is 3.94. The molecule has 3 nitrogen and oxygen atoms in total. The van der Waals surface area contributed by atoms with Crippen LogP contribution in [0.2, 0.25) is 0 Å². The number of thioether (sulfide) groups is 1. The fourth-order valence-corrected chi connectivity index (χ4v) is 3.78. The molecule has 1 aromatic rings. The van der Waals surface area contributed by atoms with Gasteiger partial charge >= 0.3 is 0 Å². The zero-order chi connectivity index (χ0) is 13.9. The molecule has 0 bridgehead atoms. The van der Waals surface area contributed by atoms with Crippen molar-refractivity contribution < 1.29 is 9.13 Å². The van der Waals surface area contributed by atoms with E-state index in [9.17, 15) is 4.39 Å². The predicted molar refractivity (Wildman–Crippen MR) is 79.5 cm³/mol. The Balaban J connectivity index is 2.22. The summed E-state index contributed by atoms with van der Waals surface area (Å²) >= 11 is 1.93. The zero-order valence-corrected chi connectivity index (χ0v) is 12.2. The second kappa shape index (κ2) is 6.01. The average Bonchev–Trinajstić information content (AvgIpc) is 2.43. The quantitative estimate of drug-likeness (QED) is 0.892. The lowest BCUT2D eigenvalue weighted by molar-refractivity contribution is 0.385. The molecule has 106 valence electrons. The Morgan fingerprint density at radius 2 is 2.37 bits per heavy atom. The Kier molecular flexibility index (Phi) is 4.58. The second-order valence-corrected chi connectivity index (χ2v) is 6.40. The first-order valence-corrected chi connectivity index (χ1v) is 7.59. The summed E-state index contributed by atoms with van der Waals surface area (Å²) in [7, 11) is 1.47. The molecule has 19 heavy (non-hydrogen) atoms. The minimum absolute atomic E-state index is 0.119. The van der Waals surface area contributed by atoms with Crippen LogP contribution in [-0.2, 0) is 0 Å². The maximum Gasteiger partial charge on any atom is 0.165 e. The fraction of sp³-hybridized carbons (Fsp3) is 0.571. The molecule has 0 saturated carbocycles. The molecule has 1 aliphatic heterocycles. The molecule has 0 amide bonds. The van der Waals surface area contributed by atoms with Crippen molar-refractivity contribution >= 4 is 17.4 Å². The lowest BCUT2D eigenvalue weighted by Crippen LogP contribution is -2.54. The van der Waals surface area contributed by atoms with Crippen molar-refractivity contribution in [2.75, 3.05) is 24.7 Å². The van der Waals surface area contributed by atoms with E-state index in [-0.39, 0.29) is 17.1 Å². The van der Waals surface area contributed by atoms with Crippen molar-refractivity contribution in [1.82, 2.24) is 0 Å². The minimum atomic E-state index is -0.346. The Labute approximate surface area is 118 Å². The molecule has 2 unspecified atom stereocenters. The lowest BCUT2D eigenvalue weighted by Gasteiger charge is -2.43. The topological polar surface area (TPSA) is 47.3 Å². The minimum Gasteiger partial charge on any atom is -0.494 e. The summed E-state index contributed by atoms with van der Waals surface area (Å²) in [6.07, 6.45) is 2.19. The van der Waals surface area contributed by atoms with E-state index in [1.54, 1.807) is 12.1 Å². The van der Waals surface area contributed by atoms with Crippen LogP contribution >= 0.6 is 11.8 Å². The van der Waals surface area contributed by atoms with Crippen LogP contribution in [0, 0.1) is 5.82 Å². The standard InChI is InChI=1S/C14H21FN2OS/c1-10-14(9-16,6-3-7-19-10)17-11-4-5-12(15)13(8-11)18-2/h4-5,8,10,17H,3,6-7,9,16H2,1-2H3. The smallest absolute Gasteiger partial charge is 0.165 e. The van der Waals surface area contributed by atoms with Crippen molar-refractivity contribution in [3.05, 3.63) is 24.0 Å². The van der Waals surface area contributed by atoms with Crippen LogP contribution in [0.5, 0.6) is 5.75 Å². The van der Waals surface area contributed by atoms with Crippen LogP contribution in [0.15, 0.2) is 18.2 Å². The van der Waals surface area contributed by atoms with Crippen LogP contribution in [-0.4, -0.2) is 30.2 Å². The lowest BCUT2D eigenvalue weighted by atomic mass is 9.89. The summed E-state index contributed by atoms with van der Waals surface area (Å²) in [4.78, 5) is 0. The molecule has 1 saturated heterocycles. The highest BCUT2D eigenvalue weighted by molar-refractivity contribution is 8.00. The fourth-order valence-electron chi connectivity index (χ4n) is 2.52. The molecule has 0 radical (unpaired) electrons. The average molecular weight is 284 g/mol. The molecule has 2 atom stereocenters. The maximum atomic E-state index is 13.4. The van der Waals surface area contributed by atoms with Crippen LogP contribution in [0.3, 0.4) is 0 Å². The van der Waals surface area contributed by atoms with Crippen LogP contribution in [0.1, 0.15) is 19.8 Å². The van der Waals surface area contributed by atoms with Crippen molar-refractivity contribution in [1.29, 1.82) is 0 Å². The summed E-state index contributed by atoms with van der Waals surface area (Å²) in [5.74, 6) is 1.09. The zero-order valence-electron chi connectivity index (χ0n) is 11.4. The number of nitrogens with two attached hydrogens (primary N) is 1. The molecule has 2 rings (SSSR count). The first-order chi connectivity index (χ1) is 9.11. The number of hydrogen-bond acceptors (Lipinski definition) is 4. The number of ether oxygens (including phenoxy) is 1. The van der Waals surface area contributed by atoms with Gasteiger partial charge in [0.15, 0.2) is 11.6 Å². The van der Waals surface area contributed by atoms with E-state index >= 15 is 0 Å². The summed E-state index contributed by atoms with van der Waals surface area (Å²) < 4.78 is 18.4. The number of halogens is 1. The van der Waals surface area contributed by atoms with Gasteiger partial charge in [-0.05, 0) is 30.7 Å². The van der Waals surface area contributed by atoms with Crippen molar-refractivity contribution in [2.45, 2.75) is 30.6 Å². The normalized spacial score (nSPS) is 27.1. The van der Waals surface area contributed by atoms with Crippen LogP contribution < -0.4 is 15.8 Å². The molecule has 0 spiro atoms. The molecule has 5 heteroatoms. The number of nitrogens with one attached hydrogen (secondary N) is 1. The van der Waals surface area contributed by atoms with Gasteiger partial charge in [-0.15, -0.1) is 0 Å². The molecule has 1 fully saturated rings. The first kappa shape index (κ1) is 14.5. The van der Waals surface area contributed by atoms with E-state index in [0.717, 1.165) is 18.5 Å². The number of hydrogen-bond donors (Lipinski definition) is 2. The molecule has 1 heterocycles. The van der Waals surface area contributed by atoms with E-state index in [2.05, 4.69) is 12.2 Å². The van der Waals surface area contributed by atoms with E-state index < -0.39 is 0 Å². The van der Waals surface area contributed by atoms with E-state index in [1.807, 2.05) is 11.8 Å². The molecule has 3 N–H and O–H groups in total. The number of benzene rings is 1. The third-order valence-corrected chi connectivity index (χ3v) is 5.30. The third kappa shape index (κ3) is 2.98. The van der Waals surface area contributed by atoms with Gasteiger partial charge in [-0.2, -0.15) is 11.8 Å². The first-order valence-electron chi connectivity index (χ1n) is 6.55. The van der Waals surface area contributed by atoms with Gasteiger partial charge in [0.1, 0.15) is 0 Å². The second-order valence-electron chi connectivity index (χ2n) is 4.95. The molecule has 1 aliphatic rings. The third-order valence-electron chi connectivity index (χ3n) is 3.82. The van der Waals surface area contributed by atoms with Crippen molar-refractivity contribution in [2.24, 2.45) is 5.73 Å². The van der Waals surface area contributed by atoms with Crippen LogP contribution in [0.4, 0.5) is 10.1 Å². The van der Waals surface area contributed by atoms with Gasteiger partial charge in [-0.25, -0.2) is 4.39 Å². The molecule has 0 aliphatic carbocycles. The highest BCUT2D eigenvalue weighted by Crippen LogP contribution is 2.36. The maximum absolute atomic E-state index is 13.4. The summed E-state index contributed by atoms with van der Waals surface area (Å²) in [6, 6.07) is 4.85. The van der Waals surface area contributed by atoms with Gasteiger partial charge in [0, 0.05) is 23.5 Å². The molecular formula is C14H21FN2OS. The van der Waals surface area contributed by atoms with Crippen molar-refractivity contribution in [3.8, 4) is 5.75 Å². The van der Waals surface area contributed by atoms with Crippen molar-refractivity contribution in [3.63, 3.8) is 0 Å². The number of rotatable bonds is 4. The van der Waals surface area contributed by atoms with E-state index in [4.69, 9.17) is 10.5 Å². The van der Waals surface area contributed by atoms with Gasteiger partial charge < -0.3 is 15.8 Å². The highest BCUT2D eigenvalue weighted by atomic mass is 32.2. The highest BCUT2D eigenvalue weighted by Gasteiger charge is 2.37. The van der Waals surface area contributed by atoms with E-state index in [1.165, 1.54) is 18.9 Å². The van der Waals surface area contributed by atoms with Gasteiger partial charge in [0.05, 0.1) is 12.6 Å². The summed E-state index contributed by atoms with van der Waals surface area (Å²) in [6.45, 7) is 2.77. The monoisotopic (exact) mass is 284 g/mol. The van der Waals surface area contributed by atoms with E-state index in [0.29, 0.717) is 11.8 Å².